The molecular formula is C44H27NS2. The quantitative estimate of drug-likeness (QED) is 0.186. The third-order valence-electron chi connectivity index (χ3n) is 9.42. The van der Waals surface area contributed by atoms with Crippen molar-refractivity contribution in [2.24, 2.45) is 0 Å². The molecule has 0 aliphatic rings. The lowest BCUT2D eigenvalue weighted by Crippen LogP contribution is -2.10. The van der Waals surface area contributed by atoms with Crippen LogP contribution in [0.1, 0.15) is 0 Å². The van der Waals surface area contributed by atoms with Crippen molar-refractivity contribution in [1.82, 2.24) is 0 Å². The standard InChI is InChI=1S/C44H27NS2/c1-2-14-30(15-3-1)45(31-25-24-28-12-4-5-13-29(28)26-31)40-27-39-38-22-11-21-37(43(38)47-44(39)34-18-7-6-16-32(34)40)36-20-10-19-35-33-17-8-9-23-41(33)46-42(35)36/h1-27H. The highest BCUT2D eigenvalue weighted by Gasteiger charge is 2.21. The molecule has 0 saturated carbocycles. The van der Waals surface area contributed by atoms with Gasteiger partial charge in [0.05, 0.1) is 5.69 Å². The molecule has 0 aliphatic carbocycles. The summed E-state index contributed by atoms with van der Waals surface area (Å²) in [5, 5.41) is 10.3. The predicted octanol–water partition coefficient (Wildman–Crippen LogP) is 13.9. The Kier molecular flexibility index (Phi) is 5.98. The molecule has 0 amide bonds. The fraction of sp³-hybridized carbons (Fsp3) is 0. The van der Waals surface area contributed by atoms with E-state index in [0.717, 1.165) is 11.4 Å². The minimum absolute atomic E-state index is 1.14. The van der Waals surface area contributed by atoms with E-state index in [1.165, 1.54) is 78.7 Å². The predicted molar refractivity (Wildman–Crippen MR) is 207 cm³/mol. The molecule has 0 atom stereocenters. The summed E-state index contributed by atoms with van der Waals surface area (Å²) in [7, 11) is 0. The first kappa shape index (κ1) is 26.7. The van der Waals surface area contributed by atoms with E-state index < -0.39 is 0 Å². The highest BCUT2D eigenvalue weighted by molar-refractivity contribution is 7.28. The second-order valence-corrected chi connectivity index (χ2v) is 14.2. The van der Waals surface area contributed by atoms with Crippen molar-refractivity contribution in [3.05, 3.63) is 164 Å². The minimum atomic E-state index is 1.14. The Hall–Kier alpha value is -5.48. The normalized spacial score (nSPS) is 11.8. The summed E-state index contributed by atoms with van der Waals surface area (Å²) < 4.78 is 5.37. The fourth-order valence-corrected chi connectivity index (χ4v) is 9.85. The molecule has 10 aromatic rings. The van der Waals surface area contributed by atoms with Gasteiger partial charge in [0.25, 0.3) is 0 Å². The monoisotopic (exact) mass is 633 g/mol. The summed E-state index contributed by atoms with van der Waals surface area (Å²) >= 11 is 3.83. The van der Waals surface area contributed by atoms with E-state index in [9.17, 15) is 0 Å². The number of hydrogen-bond donors (Lipinski definition) is 0. The molecule has 220 valence electrons. The number of nitrogens with zero attached hydrogens (tertiary/aromatic N) is 1. The molecule has 0 aliphatic heterocycles. The van der Waals surface area contributed by atoms with E-state index in [4.69, 9.17) is 0 Å². The van der Waals surface area contributed by atoms with Crippen LogP contribution in [-0.2, 0) is 0 Å². The second-order valence-electron chi connectivity index (χ2n) is 12.1. The molecular weight excluding hydrogens is 607 g/mol. The summed E-state index contributed by atoms with van der Waals surface area (Å²) in [6.07, 6.45) is 0. The number of para-hydroxylation sites is 1. The van der Waals surface area contributed by atoms with Crippen LogP contribution in [-0.4, -0.2) is 0 Å². The molecule has 0 saturated heterocycles. The molecule has 0 N–H and O–H groups in total. The Bertz CT molecular complexity index is 2810. The largest absolute Gasteiger partial charge is 0.310 e. The third kappa shape index (κ3) is 4.14. The topological polar surface area (TPSA) is 3.24 Å². The van der Waals surface area contributed by atoms with Crippen LogP contribution in [0.4, 0.5) is 17.1 Å². The highest BCUT2D eigenvalue weighted by atomic mass is 32.1. The fourth-order valence-electron chi connectivity index (χ4n) is 7.28. The van der Waals surface area contributed by atoms with Gasteiger partial charge in [-0.25, -0.2) is 0 Å². The van der Waals surface area contributed by atoms with Crippen molar-refractivity contribution >= 4 is 102 Å². The highest BCUT2D eigenvalue weighted by Crippen LogP contribution is 2.49. The van der Waals surface area contributed by atoms with Gasteiger partial charge in [0.15, 0.2) is 0 Å². The van der Waals surface area contributed by atoms with Crippen molar-refractivity contribution in [3.63, 3.8) is 0 Å². The van der Waals surface area contributed by atoms with E-state index in [-0.39, 0.29) is 0 Å². The smallest absolute Gasteiger partial charge is 0.0547 e. The molecule has 0 bridgehead atoms. The van der Waals surface area contributed by atoms with Crippen molar-refractivity contribution in [2.75, 3.05) is 4.90 Å². The number of rotatable bonds is 4. The molecule has 10 rings (SSSR count). The maximum atomic E-state index is 2.43. The van der Waals surface area contributed by atoms with Gasteiger partial charge in [0.1, 0.15) is 0 Å². The Morgan fingerprint density at radius 3 is 1.74 bits per heavy atom. The zero-order chi connectivity index (χ0) is 30.9. The van der Waals surface area contributed by atoms with Crippen LogP contribution in [0.25, 0.3) is 73.0 Å². The van der Waals surface area contributed by atoms with Crippen molar-refractivity contribution in [3.8, 4) is 11.1 Å². The van der Waals surface area contributed by atoms with Crippen molar-refractivity contribution < 1.29 is 0 Å². The molecule has 2 aromatic heterocycles. The molecule has 0 spiro atoms. The van der Waals surface area contributed by atoms with E-state index in [2.05, 4.69) is 169 Å². The van der Waals surface area contributed by atoms with Gasteiger partial charge in [-0.15, -0.1) is 22.7 Å². The minimum Gasteiger partial charge on any atom is -0.310 e. The molecule has 0 fully saturated rings. The summed E-state index contributed by atoms with van der Waals surface area (Å²) in [5.74, 6) is 0. The van der Waals surface area contributed by atoms with Gasteiger partial charge in [-0.05, 0) is 47.2 Å². The summed E-state index contributed by atoms with van der Waals surface area (Å²) in [6, 6.07) is 60.0. The molecule has 8 aromatic carbocycles. The number of thiophene rings is 2. The first-order chi connectivity index (χ1) is 23.3. The SMILES string of the molecule is c1ccc(N(c2ccc3ccccc3c2)c2cc3c4cccc(-c5cccc6c5sc5ccccc56)c4sc3c3ccccc23)cc1. The zero-order valence-corrected chi connectivity index (χ0v) is 27.0. The Balaban J connectivity index is 1.27. The number of benzene rings is 8. The van der Waals surface area contributed by atoms with Crippen LogP contribution in [0.2, 0.25) is 0 Å². The van der Waals surface area contributed by atoms with Gasteiger partial charge in [0.2, 0.25) is 0 Å². The summed E-state index contributed by atoms with van der Waals surface area (Å²) in [6.45, 7) is 0. The van der Waals surface area contributed by atoms with Crippen LogP contribution in [0.3, 0.4) is 0 Å². The number of anilines is 3. The van der Waals surface area contributed by atoms with Crippen LogP contribution in [0.5, 0.6) is 0 Å². The average molecular weight is 634 g/mol. The zero-order valence-electron chi connectivity index (χ0n) is 25.4. The lowest BCUT2D eigenvalue weighted by Gasteiger charge is -2.27. The summed E-state index contributed by atoms with van der Waals surface area (Å²) in [5.41, 5.74) is 6.10. The molecule has 0 unspecified atom stereocenters. The molecule has 47 heavy (non-hydrogen) atoms. The Labute approximate surface area is 280 Å². The number of fused-ring (bicyclic) bond motifs is 9. The van der Waals surface area contributed by atoms with E-state index >= 15 is 0 Å². The lowest BCUT2D eigenvalue weighted by atomic mass is 9.98. The van der Waals surface area contributed by atoms with Crippen molar-refractivity contribution in [1.29, 1.82) is 0 Å². The molecule has 3 heteroatoms. The van der Waals surface area contributed by atoms with Gasteiger partial charge in [0, 0.05) is 73.6 Å². The van der Waals surface area contributed by atoms with E-state index in [1.54, 1.807) is 0 Å². The van der Waals surface area contributed by atoms with E-state index in [1.807, 2.05) is 22.7 Å². The Morgan fingerprint density at radius 2 is 0.936 bits per heavy atom. The Morgan fingerprint density at radius 1 is 0.340 bits per heavy atom. The number of hydrogen-bond acceptors (Lipinski definition) is 3. The average Bonchev–Trinajstić information content (AvgIpc) is 3.71. The van der Waals surface area contributed by atoms with Gasteiger partial charge < -0.3 is 4.90 Å². The first-order valence-electron chi connectivity index (χ1n) is 15.9. The van der Waals surface area contributed by atoms with Crippen molar-refractivity contribution in [2.45, 2.75) is 0 Å². The first-order valence-corrected chi connectivity index (χ1v) is 17.6. The van der Waals surface area contributed by atoms with Crippen LogP contribution < -0.4 is 4.90 Å². The van der Waals surface area contributed by atoms with Gasteiger partial charge in [-0.1, -0.05) is 127 Å². The third-order valence-corrected chi connectivity index (χ3v) is 11.9. The molecule has 1 nitrogen and oxygen atoms in total. The van der Waals surface area contributed by atoms with Gasteiger partial charge >= 0.3 is 0 Å². The maximum absolute atomic E-state index is 2.43. The van der Waals surface area contributed by atoms with Crippen LogP contribution >= 0.6 is 22.7 Å². The van der Waals surface area contributed by atoms with Gasteiger partial charge in [-0.3, -0.25) is 0 Å². The van der Waals surface area contributed by atoms with Gasteiger partial charge in [-0.2, -0.15) is 0 Å². The maximum Gasteiger partial charge on any atom is 0.0547 e. The molecule has 2 heterocycles. The summed E-state index contributed by atoms with van der Waals surface area (Å²) in [4.78, 5) is 2.43. The van der Waals surface area contributed by atoms with E-state index in [0.29, 0.717) is 0 Å². The van der Waals surface area contributed by atoms with Crippen LogP contribution in [0.15, 0.2) is 164 Å². The van der Waals surface area contributed by atoms with Crippen LogP contribution in [0, 0.1) is 0 Å². The lowest BCUT2D eigenvalue weighted by molar-refractivity contribution is 1.31. The second kappa shape index (κ2) is 10.5. The molecule has 0 radical (unpaired) electrons.